The molecule has 0 aromatic rings. The van der Waals surface area contributed by atoms with E-state index in [1.807, 2.05) is 0 Å². The van der Waals surface area contributed by atoms with Gasteiger partial charge in [0.1, 0.15) is 0 Å². The van der Waals surface area contributed by atoms with Crippen molar-refractivity contribution < 1.29 is 4.74 Å². The van der Waals surface area contributed by atoms with Crippen LogP contribution in [0.5, 0.6) is 0 Å². The molecule has 0 spiro atoms. The van der Waals surface area contributed by atoms with Gasteiger partial charge >= 0.3 is 0 Å². The van der Waals surface area contributed by atoms with Crippen molar-refractivity contribution in [3.8, 4) is 0 Å². The van der Waals surface area contributed by atoms with Gasteiger partial charge in [-0.3, -0.25) is 4.90 Å². The van der Waals surface area contributed by atoms with Crippen LogP contribution in [0.15, 0.2) is 0 Å². The third-order valence-corrected chi connectivity index (χ3v) is 5.16. The molecule has 0 aliphatic heterocycles. The van der Waals surface area contributed by atoms with Crippen LogP contribution < -0.4 is 5.32 Å². The van der Waals surface area contributed by atoms with E-state index in [9.17, 15) is 0 Å². The minimum atomic E-state index is 0.434. The zero-order valence-electron chi connectivity index (χ0n) is 14.5. The van der Waals surface area contributed by atoms with E-state index in [0.29, 0.717) is 17.5 Å². The fourth-order valence-electron chi connectivity index (χ4n) is 3.64. The van der Waals surface area contributed by atoms with Crippen LogP contribution in [0.3, 0.4) is 0 Å². The van der Waals surface area contributed by atoms with Crippen molar-refractivity contribution in [2.45, 2.75) is 66.0 Å². The Morgan fingerprint density at radius 1 is 1.35 bits per heavy atom. The number of rotatable bonds is 9. The average molecular weight is 284 g/mol. The normalized spacial score (nSPS) is 27.1. The predicted octanol–water partition coefficient (Wildman–Crippen LogP) is 3.15. The summed E-state index contributed by atoms with van der Waals surface area (Å²) in [7, 11) is 1.80. The molecule has 0 heterocycles. The molecule has 0 bridgehead atoms. The second-order valence-corrected chi connectivity index (χ2v) is 7.07. The fraction of sp³-hybridized carbons (Fsp3) is 1.00. The molecule has 3 heteroatoms. The zero-order chi connectivity index (χ0) is 15.2. The van der Waals surface area contributed by atoms with Crippen LogP contribution in [0.25, 0.3) is 0 Å². The van der Waals surface area contributed by atoms with Crippen LogP contribution in [-0.4, -0.2) is 50.3 Å². The molecular weight excluding hydrogens is 248 g/mol. The van der Waals surface area contributed by atoms with Crippen molar-refractivity contribution in [1.82, 2.24) is 10.2 Å². The van der Waals surface area contributed by atoms with Crippen LogP contribution in [0, 0.1) is 11.3 Å². The zero-order valence-corrected chi connectivity index (χ0v) is 14.5. The second kappa shape index (κ2) is 8.35. The van der Waals surface area contributed by atoms with Gasteiger partial charge in [0.2, 0.25) is 0 Å². The predicted molar refractivity (Wildman–Crippen MR) is 87.2 cm³/mol. The molecule has 3 atom stereocenters. The van der Waals surface area contributed by atoms with Gasteiger partial charge in [-0.15, -0.1) is 0 Å². The maximum absolute atomic E-state index is 5.29. The van der Waals surface area contributed by atoms with E-state index in [-0.39, 0.29) is 0 Å². The van der Waals surface area contributed by atoms with Gasteiger partial charge in [0.15, 0.2) is 0 Å². The maximum atomic E-state index is 5.29. The summed E-state index contributed by atoms with van der Waals surface area (Å²) in [6.45, 7) is 15.9. The Bertz CT molecular complexity index is 268. The largest absolute Gasteiger partial charge is 0.383 e. The van der Waals surface area contributed by atoms with E-state index in [0.717, 1.165) is 25.6 Å². The summed E-state index contributed by atoms with van der Waals surface area (Å²) in [6, 6.07) is 1.30. The number of ether oxygens (including phenoxy) is 1. The van der Waals surface area contributed by atoms with Gasteiger partial charge in [-0.25, -0.2) is 0 Å². The van der Waals surface area contributed by atoms with Gasteiger partial charge in [0, 0.05) is 32.3 Å². The monoisotopic (exact) mass is 284 g/mol. The van der Waals surface area contributed by atoms with Gasteiger partial charge in [0.05, 0.1) is 6.61 Å². The Morgan fingerprint density at radius 2 is 2.05 bits per heavy atom. The Kier molecular flexibility index (Phi) is 7.49. The molecule has 0 radical (unpaired) electrons. The highest BCUT2D eigenvalue weighted by Crippen LogP contribution is 2.41. The molecule has 1 aliphatic carbocycles. The Labute approximate surface area is 126 Å². The molecule has 120 valence electrons. The summed E-state index contributed by atoms with van der Waals surface area (Å²) >= 11 is 0. The average Bonchev–Trinajstić information content (AvgIpc) is 2.70. The smallest absolute Gasteiger partial charge is 0.0589 e. The summed E-state index contributed by atoms with van der Waals surface area (Å²) < 4.78 is 5.29. The molecule has 3 nitrogen and oxygen atoms in total. The lowest BCUT2D eigenvalue weighted by Gasteiger charge is -2.36. The van der Waals surface area contributed by atoms with Gasteiger partial charge in [0.25, 0.3) is 0 Å². The van der Waals surface area contributed by atoms with E-state index in [2.05, 4.69) is 44.8 Å². The molecule has 20 heavy (non-hydrogen) atoms. The van der Waals surface area contributed by atoms with Gasteiger partial charge in [-0.1, -0.05) is 27.7 Å². The van der Waals surface area contributed by atoms with Crippen molar-refractivity contribution in [3.63, 3.8) is 0 Å². The van der Waals surface area contributed by atoms with Crippen molar-refractivity contribution in [3.05, 3.63) is 0 Å². The van der Waals surface area contributed by atoms with Crippen LogP contribution in [0.2, 0.25) is 0 Å². The molecule has 1 fully saturated rings. The first-order chi connectivity index (χ1) is 9.46. The SMILES string of the molecule is CCNC1C(CN(CCOC)C(C)CC)CCC1(C)C. The molecule has 1 aliphatic rings. The highest BCUT2D eigenvalue weighted by Gasteiger charge is 2.41. The molecule has 3 unspecified atom stereocenters. The summed E-state index contributed by atoms with van der Waals surface area (Å²) in [5.41, 5.74) is 0.434. The summed E-state index contributed by atoms with van der Waals surface area (Å²) in [5.74, 6) is 0.774. The number of nitrogens with one attached hydrogen (secondary N) is 1. The topological polar surface area (TPSA) is 24.5 Å². The first kappa shape index (κ1) is 17.9. The highest BCUT2D eigenvalue weighted by atomic mass is 16.5. The molecule has 0 aromatic carbocycles. The first-order valence-electron chi connectivity index (χ1n) is 8.42. The Hall–Kier alpha value is -0.120. The van der Waals surface area contributed by atoms with Crippen LogP contribution in [0.1, 0.15) is 53.9 Å². The van der Waals surface area contributed by atoms with Crippen molar-refractivity contribution in [1.29, 1.82) is 0 Å². The number of nitrogens with zero attached hydrogens (tertiary/aromatic N) is 1. The summed E-state index contributed by atoms with van der Waals surface area (Å²) in [4.78, 5) is 2.62. The van der Waals surface area contributed by atoms with Crippen molar-refractivity contribution in [2.75, 3.05) is 33.4 Å². The van der Waals surface area contributed by atoms with E-state index >= 15 is 0 Å². The quantitative estimate of drug-likeness (QED) is 0.704. The minimum Gasteiger partial charge on any atom is -0.383 e. The van der Waals surface area contributed by atoms with Crippen molar-refractivity contribution >= 4 is 0 Å². The lowest BCUT2D eigenvalue weighted by molar-refractivity contribution is 0.100. The first-order valence-corrected chi connectivity index (χ1v) is 8.42. The van der Waals surface area contributed by atoms with Crippen LogP contribution in [-0.2, 0) is 4.74 Å². The summed E-state index contributed by atoms with van der Waals surface area (Å²) in [5, 5.41) is 3.75. The second-order valence-electron chi connectivity index (χ2n) is 7.07. The van der Waals surface area contributed by atoms with Crippen LogP contribution >= 0.6 is 0 Å². The molecule has 1 N–H and O–H groups in total. The Balaban J connectivity index is 2.66. The van der Waals surface area contributed by atoms with E-state index in [1.165, 1.54) is 25.8 Å². The number of hydrogen-bond donors (Lipinski definition) is 1. The number of hydrogen-bond acceptors (Lipinski definition) is 3. The minimum absolute atomic E-state index is 0.434. The molecular formula is C17H36N2O. The molecule has 0 amide bonds. The third-order valence-electron chi connectivity index (χ3n) is 5.16. The third kappa shape index (κ3) is 4.71. The molecule has 1 saturated carbocycles. The van der Waals surface area contributed by atoms with E-state index < -0.39 is 0 Å². The lowest BCUT2D eigenvalue weighted by Crippen LogP contribution is -2.47. The van der Waals surface area contributed by atoms with E-state index in [4.69, 9.17) is 4.74 Å². The van der Waals surface area contributed by atoms with Crippen LogP contribution in [0.4, 0.5) is 0 Å². The Morgan fingerprint density at radius 3 is 2.60 bits per heavy atom. The van der Waals surface area contributed by atoms with Gasteiger partial charge in [-0.05, 0) is 44.1 Å². The summed E-state index contributed by atoms with van der Waals surface area (Å²) in [6.07, 6.45) is 3.91. The molecule has 0 aromatic heterocycles. The van der Waals surface area contributed by atoms with Gasteiger partial charge in [-0.2, -0.15) is 0 Å². The maximum Gasteiger partial charge on any atom is 0.0589 e. The van der Waals surface area contributed by atoms with E-state index in [1.54, 1.807) is 7.11 Å². The standard InChI is InChI=1S/C17H36N2O/c1-7-14(3)19(11-12-20-6)13-15-9-10-17(4,5)16(15)18-8-2/h14-16,18H,7-13H2,1-6H3. The van der Waals surface area contributed by atoms with Crippen molar-refractivity contribution in [2.24, 2.45) is 11.3 Å². The molecule has 0 saturated heterocycles. The lowest BCUT2D eigenvalue weighted by atomic mass is 9.84. The van der Waals surface area contributed by atoms with Gasteiger partial charge < -0.3 is 10.1 Å². The molecule has 1 rings (SSSR count). The number of methoxy groups -OCH3 is 1. The fourth-order valence-corrected chi connectivity index (χ4v) is 3.64. The highest BCUT2D eigenvalue weighted by molar-refractivity contribution is 4.97.